The van der Waals surface area contributed by atoms with Gasteiger partial charge in [0.2, 0.25) is 0 Å². The number of nitrogens with zero attached hydrogens (tertiary/aromatic N) is 4. The molecule has 8 heteroatoms. The molecular weight excluding hydrogens is 336 g/mol. The van der Waals surface area contributed by atoms with Gasteiger partial charge in [-0.25, -0.2) is 0 Å². The number of unbranched alkanes of at least 4 members (excludes halogenated alkanes) is 1. The van der Waals surface area contributed by atoms with E-state index in [0.717, 1.165) is 37.7 Å². The molecule has 0 atom stereocenters. The highest BCUT2D eigenvalue weighted by Crippen LogP contribution is 2.35. The number of hydrogen-bond acceptors (Lipinski definition) is 7. The van der Waals surface area contributed by atoms with E-state index in [-0.39, 0.29) is 28.6 Å². The van der Waals surface area contributed by atoms with Crippen LogP contribution in [0.3, 0.4) is 0 Å². The molecule has 8 nitrogen and oxygen atoms in total. The second kappa shape index (κ2) is 8.80. The molecule has 0 fully saturated rings. The number of azo groups is 1. The van der Waals surface area contributed by atoms with Gasteiger partial charge in [-0.2, -0.15) is 0 Å². The van der Waals surface area contributed by atoms with E-state index in [0.29, 0.717) is 0 Å². The number of non-ortho nitro benzene ring substituents is 1. The van der Waals surface area contributed by atoms with Gasteiger partial charge in [0.25, 0.3) is 5.69 Å². The standard InChI is InChI=1S/C18H22N4O4/c1-3-5-10-21(4-2)13-6-8-15(18(24)12-13)19-20-16-11-14(22(25)26)7-9-17(16)23/h6-9,11-12,23-24H,3-5,10H2,1-2H3. The number of nitro groups is 1. The molecule has 2 rings (SSSR count). The zero-order valence-corrected chi connectivity index (χ0v) is 14.8. The van der Waals surface area contributed by atoms with Crippen LogP contribution in [-0.2, 0) is 0 Å². The molecule has 26 heavy (non-hydrogen) atoms. The van der Waals surface area contributed by atoms with Crippen molar-refractivity contribution in [2.45, 2.75) is 26.7 Å². The highest BCUT2D eigenvalue weighted by atomic mass is 16.6. The summed E-state index contributed by atoms with van der Waals surface area (Å²) in [5.74, 6) is -0.279. The summed E-state index contributed by atoms with van der Waals surface area (Å²) in [4.78, 5) is 12.4. The van der Waals surface area contributed by atoms with Crippen LogP contribution < -0.4 is 4.90 Å². The fourth-order valence-electron chi connectivity index (χ4n) is 2.43. The number of anilines is 1. The first-order valence-electron chi connectivity index (χ1n) is 8.43. The zero-order valence-electron chi connectivity index (χ0n) is 14.8. The van der Waals surface area contributed by atoms with E-state index in [4.69, 9.17) is 0 Å². The summed E-state index contributed by atoms with van der Waals surface area (Å²) < 4.78 is 0. The van der Waals surface area contributed by atoms with Gasteiger partial charge in [-0.05, 0) is 31.5 Å². The van der Waals surface area contributed by atoms with Crippen molar-refractivity contribution in [1.82, 2.24) is 0 Å². The Morgan fingerprint density at radius 1 is 1.04 bits per heavy atom. The molecule has 0 spiro atoms. The van der Waals surface area contributed by atoms with E-state index in [1.54, 1.807) is 12.1 Å². The van der Waals surface area contributed by atoms with Crippen molar-refractivity contribution in [3.8, 4) is 11.5 Å². The van der Waals surface area contributed by atoms with Gasteiger partial charge < -0.3 is 15.1 Å². The SMILES string of the molecule is CCCCN(CC)c1ccc(N=Nc2cc([N+](=O)[O-])ccc2O)c(O)c1. The highest BCUT2D eigenvalue weighted by molar-refractivity contribution is 5.62. The van der Waals surface area contributed by atoms with Gasteiger partial charge in [0.1, 0.15) is 22.9 Å². The van der Waals surface area contributed by atoms with Gasteiger partial charge in [-0.1, -0.05) is 13.3 Å². The summed E-state index contributed by atoms with van der Waals surface area (Å²) in [5, 5.41) is 38.5. The van der Waals surface area contributed by atoms with Crippen molar-refractivity contribution in [3.05, 3.63) is 46.5 Å². The molecule has 138 valence electrons. The third-order valence-corrected chi connectivity index (χ3v) is 3.92. The van der Waals surface area contributed by atoms with Crippen molar-refractivity contribution < 1.29 is 15.1 Å². The summed E-state index contributed by atoms with van der Waals surface area (Å²) >= 11 is 0. The van der Waals surface area contributed by atoms with Crippen LogP contribution in [0.15, 0.2) is 46.6 Å². The second-order valence-electron chi connectivity index (χ2n) is 5.74. The molecule has 2 N–H and O–H groups in total. The molecule has 2 aromatic rings. The fraction of sp³-hybridized carbons (Fsp3) is 0.333. The third-order valence-electron chi connectivity index (χ3n) is 3.92. The Labute approximate surface area is 151 Å². The third kappa shape index (κ3) is 4.69. The summed E-state index contributed by atoms with van der Waals surface area (Å²) in [6.07, 6.45) is 2.14. The lowest BCUT2D eigenvalue weighted by Crippen LogP contribution is -2.23. The van der Waals surface area contributed by atoms with Crippen LogP contribution in [0, 0.1) is 10.1 Å². The van der Waals surface area contributed by atoms with Crippen molar-refractivity contribution in [2.75, 3.05) is 18.0 Å². The molecule has 0 heterocycles. The number of nitro benzene ring substituents is 1. The van der Waals surface area contributed by atoms with Gasteiger partial charge >= 0.3 is 0 Å². The number of rotatable bonds is 8. The summed E-state index contributed by atoms with van der Waals surface area (Å²) in [6.45, 7) is 5.89. The predicted molar refractivity (Wildman–Crippen MR) is 99.8 cm³/mol. The van der Waals surface area contributed by atoms with Crippen LogP contribution in [0.5, 0.6) is 11.5 Å². The maximum absolute atomic E-state index is 10.8. The predicted octanol–water partition coefficient (Wildman–Crippen LogP) is 5.05. The number of phenolic OH excluding ortho intramolecular Hbond substituents is 2. The Hall–Kier alpha value is -3.16. The average Bonchev–Trinajstić information content (AvgIpc) is 2.62. The summed E-state index contributed by atoms with van der Waals surface area (Å²) in [5.41, 5.74) is 0.855. The van der Waals surface area contributed by atoms with E-state index < -0.39 is 4.92 Å². The van der Waals surface area contributed by atoms with E-state index >= 15 is 0 Å². The highest BCUT2D eigenvalue weighted by Gasteiger charge is 2.11. The lowest BCUT2D eigenvalue weighted by Gasteiger charge is -2.23. The number of benzene rings is 2. The lowest BCUT2D eigenvalue weighted by atomic mass is 10.2. The van der Waals surface area contributed by atoms with Crippen LogP contribution in [0.2, 0.25) is 0 Å². The Morgan fingerprint density at radius 3 is 2.38 bits per heavy atom. The van der Waals surface area contributed by atoms with Gasteiger partial charge in [-0.3, -0.25) is 10.1 Å². The molecular formula is C18H22N4O4. The van der Waals surface area contributed by atoms with E-state index in [1.807, 2.05) is 13.0 Å². The van der Waals surface area contributed by atoms with Crippen LogP contribution in [-0.4, -0.2) is 28.2 Å². The molecule has 0 aliphatic rings. The molecule has 0 aliphatic carbocycles. The summed E-state index contributed by atoms with van der Waals surface area (Å²) in [6, 6.07) is 8.55. The monoisotopic (exact) mass is 358 g/mol. The van der Waals surface area contributed by atoms with Gasteiger partial charge in [0.05, 0.1) is 4.92 Å². The molecule has 0 aliphatic heterocycles. The van der Waals surface area contributed by atoms with Crippen molar-refractivity contribution in [3.63, 3.8) is 0 Å². The molecule has 0 unspecified atom stereocenters. The normalized spacial score (nSPS) is 11.0. The number of phenols is 2. The van der Waals surface area contributed by atoms with Crippen molar-refractivity contribution in [2.24, 2.45) is 10.2 Å². The van der Waals surface area contributed by atoms with Crippen molar-refractivity contribution >= 4 is 22.7 Å². The molecule has 2 aromatic carbocycles. The lowest BCUT2D eigenvalue weighted by molar-refractivity contribution is -0.384. The Kier molecular flexibility index (Phi) is 6.48. The first kappa shape index (κ1) is 19.2. The van der Waals surface area contributed by atoms with Crippen LogP contribution >= 0.6 is 0 Å². The Balaban J connectivity index is 2.24. The first-order valence-corrected chi connectivity index (χ1v) is 8.43. The number of aromatic hydroxyl groups is 2. The van der Waals surface area contributed by atoms with E-state index in [9.17, 15) is 20.3 Å². The maximum atomic E-state index is 10.8. The van der Waals surface area contributed by atoms with Crippen molar-refractivity contribution in [1.29, 1.82) is 0 Å². The minimum absolute atomic E-state index is 0.0409. The average molecular weight is 358 g/mol. The Bertz CT molecular complexity index is 808. The molecule has 0 saturated carbocycles. The van der Waals surface area contributed by atoms with Gasteiger partial charge in [-0.15, -0.1) is 10.2 Å². The van der Waals surface area contributed by atoms with Gasteiger partial charge in [0, 0.05) is 37.0 Å². The largest absolute Gasteiger partial charge is 0.506 e. The van der Waals surface area contributed by atoms with Crippen LogP contribution in [0.4, 0.5) is 22.7 Å². The summed E-state index contributed by atoms with van der Waals surface area (Å²) in [7, 11) is 0. The molecule has 0 saturated heterocycles. The first-order chi connectivity index (χ1) is 12.5. The number of hydrogen-bond donors (Lipinski definition) is 2. The Morgan fingerprint density at radius 2 is 1.77 bits per heavy atom. The fourth-order valence-corrected chi connectivity index (χ4v) is 2.43. The molecule has 0 aromatic heterocycles. The van der Waals surface area contributed by atoms with Crippen LogP contribution in [0.25, 0.3) is 0 Å². The molecule has 0 radical (unpaired) electrons. The molecule has 0 amide bonds. The van der Waals surface area contributed by atoms with Gasteiger partial charge in [0.15, 0.2) is 0 Å². The smallest absolute Gasteiger partial charge is 0.271 e. The zero-order chi connectivity index (χ0) is 19.1. The quantitative estimate of drug-likeness (QED) is 0.390. The topological polar surface area (TPSA) is 112 Å². The maximum Gasteiger partial charge on any atom is 0.271 e. The van der Waals surface area contributed by atoms with Crippen LogP contribution in [0.1, 0.15) is 26.7 Å². The second-order valence-corrected chi connectivity index (χ2v) is 5.74. The van der Waals surface area contributed by atoms with E-state index in [2.05, 4.69) is 22.1 Å². The minimum Gasteiger partial charge on any atom is -0.506 e. The minimum atomic E-state index is -0.583. The van der Waals surface area contributed by atoms with E-state index in [1.165, 1.54) is 12.1 Å². The molecule has 0 bridgehead atoms.